The van der Waals surface area contributed by atoms with Gasteiger partial charge in [-0.3, -0.25) is 19.6 Å². The van der Waals surface area contributed by atoms with E-state index >= 15 is 0 Å². The van der Waals surface area contributed by atoms with Gasteiger partial charge < -0.3 is 0 Å². The summed E-state index contributed by atoms with van der Waals surface area (Å²) in [7, 11) is 1.44. The van der Waals surface area contributed by atoms with Crippen molar-refractivity contribution in [1.29, 1.82) is 0 Å². The molecule has 0 aliphatic carbocycles. The summed E-state index contributed by atoms with van der Waals surface area (Å²) in [6.07, 6.45) is 0. The van der Waals surface area contributed by atoms with Crippen LogP contribution in [0.25, 0.3) is 0 Å². The molecule has 18 heavy (non-hydrogen) atoms. The van der Waals surface area contributed by atoms with Gasteiger partial charge in [-0.2, -0.15) is 5.10 Å². The van der Waals surface area contributed by atoms with Crippen molar-refractivity contribution >= 4 is 23.1 Å². The molecule has 0 radical (unpaired) electrons. The standard InChI is InChI=1S/C11H8ClN3O3/c1-14-8(9(15(17)18)11(12)13-14)10(16)7-5-3-2-4-6-7/h2-6H,1H3. The minimum Gasteiger partial charge on any atom is -0.287 e. The molecule has 2 aromatic rings. The molecule has 2 rings (SSSR count). The fourth-order valence-corrected chi connectivity index (χ4v) is 1.89. The highest BCUT2D eigenvalue weighted by Crippen LogP contribution is 2.28. The molecule has 0 N–H and O–H groups in total. The Balaban J connectivity index is 2.59. The Kier molecular flexibility index (Phi) is 3.12. The third kappa shape index (κ3) is 1.98. The number of aryl methyl sites for hydroxylation is 1. The number of rotatable bonds is 3. The number of hydrogen-bond acceptors (Lipinski definition) is 4. The van der Waals surface area contributed by atoms with Gasteiger partial charge in [0.2, 0.25) is 10.9 Å². The average molecular weight is 266 g/mol. The predicted octanol–water partition coefficient (Wildman–Crippen LogP) is 2.21. The molecule has 92 valence electrons. The lowest BCUT2D eigenvalue weighted by atomic mass is 10.1. The molecule has 0 spiro atoms. The Morgan fingerprint density at radius 1 is 1.39 bits per heavy atom. The summed E-state index contributed by atoms with van der Waals surface area (Å²) in [6, 6.07) is 8.26. The molecule has 6 nitrogen and oxygen atoms in total. The van der Waals surface area contributed by atoms with Gasteiger partial charge in [-0.1, -0.05) is 41.9 Å². The topological polar surface area (TPSA) is 78.0 Å². The number of nitrogens with zero attached hydrogens (tertiary/aromatic N) is 3. The van der Waals surface area contributed by atoms with E-state index in [-0.39, 0.29) is 10.8 Å². The van der Waals surface area contributed by atoms with Crippen LogP contribution in [-0.2, 0) is 7.05 Å². The molecule has 1 heterocycles. The van der Waals surface area contributed by atoms with Crippen molar-refractivity contribution in [2.75, 3.05) is 0 Å². The van der Waals surface area contributed by atoms with Crippen LogP contribution in [0.15, 0.2) is 30.3 Å². The lowest BCUT2D eigenvalue weighted by Crippen LogP contribution is -2.10. The highest BCUT2D eigenvalue weighted by atomic mass is 35.5. The summed E-state index contributed by atoms with van der Waals surface area (Å²) in [4.78, 5) is 22.4. The number of carbonyl (C=O) groups is 1. The van der Waals surface area contributed by atoms with E-state index in [0.29, 0.717) is 5.56 Å². The van der Waals surface area contributed by atoms with Gasteiger partial charge in [-0.15, -0.1) is 0 Å². The largest absolute Gasteiger partial charge is 0.337 e. The number of halogens is 1. The molecular formula is C11H8ClN3O3. The molecule has 1 aromatic heterocycles. The van der Waals surface area contributed by atoms with E-state index in [2.05, 4.69) is 5.10 Å². The monoisotopic (exact) mass is 265 g/mol. The van der Waals surface area contributed by atoms with E-state index in [4.69, 9.17) is 11.6 Å². The van der Waals surface area contributed by atoms with Crippen LogP contribution in [-0.4, -0.2) is 20.5 Å². The van der Waals surface area contributed by atoms with E-state index in [1.807, 2.05) is 0 Å². The molecule has 0 bridgehead atoms. The van der Waals surface area contributed by atoms with Gasteiger partial charge in [0.15, 0.2) is 5.69 Å². The van der Waals surface area contributed by atoms with Crippen molar-refractivity contribution in [2.45, 2.75) is 0 Å². The molecule has 0 atom stereocenters. The Morgan fingerprint density at radius 3 is 2.56 bits per heavy atom. The van der Waals surface area contributed by atoms with Gasteiger partial charge in [0.05, 0.1) is 4.92 Å². The van der Waals surface area contributed by atoms with E-state index in [1.165, 1.54) is 7.05 Å². The van der Waals surface area contributed by atoms with Gasteiger partial charge in [0.25, 0.3) is 0 Å². The Hall–Kier alpha value is -2.21. The Morgan fingerprint density at radius 2 is 2.00 bits per heavy atom. The maximum absolute atomic E-state index is 12.2. The second-order valence-electron chi connectivity index (χ2n) is 3.56. The summed E-state index contributed by atoms with van der Waals surface area (Å²) < 4.78 is 1.12. The van der Waals surface area contributed by atoms with Crippen LogP contribution in [0.2, 0.25) is 5.15 Å². The van der Waals surface area contributed by atoms with Crippen LogP contribution in [0.1, 0.15) is 16.1 Å². The average Bonchev–Trinajstić information content (AvgIpc) is 2.64. The third-order valence-electron chi connectivity index (χ3n) is 2.41. The zero-order valence-corrected chi connectivity index (χ0v) is 10.1. The maximum Gasteiger partial charge on any atom is 0.337 e. The zero-order valence-electron chi connectivity index (χ0n) is 9.33. The smallest absolute Gasteiger partial charge is 0.287 e. The first-order valence-corrected chi connectivity index (χ1v) is 5.36. The highest BCUT2D eigenvalue weighted by Gasteiger charge is 2.30. The van der Waals surface area contributed by atoms with Crippen LogP contribution in [0.3, 0.4) is 0 Å². The molecule has 7 heteroatoms. The van der Waals surface area contributed by atoms with Crippen LogP contribution in [0.4, 0.5) is 5.69 Å². The molecule has 0 amide bonds. The van der Waals surface area contributed by atoms with Crippen molar-refractivity contribution in [3.63, 3.8) is 0 Å². The molecule has 0 saturated heterocycles. The minimum atomic E-state index is -0.703. The number of ketones is 1. The third-order valence-corrected chi connectivity index (χ3v) is 2.67. The SMILES string of the molecule is Cn1nc(Cl)c([N+](=O)[O-])c1C(=O)c1ccccc1. The van der Waals surface area contributed by atoms with Crippen molar-refractivity contribution in [3.05, 3.63) is 56.9 Å². The Bertz CT molecular complexity index is 622. The van der Waals surface area contributed by atoms with Crippen LogP contribution >= 0.6 is 11.6 Å². The van der Waals surface area contributed by atoms with E-state index in [9.17, 15) is 14.9 Å². The molecule has 0 aliphatic heterocycles. The lowest BCUT2D eigenvalue weighted by molar-refractivity contribution is -0.385. The number of nitro groups is 1. The summed E-state index contributed by atoms with van der Waals surface area (Å²) in [5.74, 6) is -0.482. The second kappa shape index (κ2) is 4.58. The van der Waals surface area contributed by atoms with Crippen molar-refractivity contribution < 1.29 is 9.72 Å². The number of carbonyl (C=O) groups excluding carboxylic acids is 1. The molecule has 0 saturated carbocycles. The number of aromatic nitrogens is 2. The lowest BCUT2D eigenvalue weighted by Gasteiger charge is -2.00. The van der Waals surface area contributed by atoms with E-state index in [0.717, 1.165) is 4.68 Å². The minimum absolute atomic E-state index is 0.129. The number of benzene rings is 1. The van der Waals surface area contributed by atoms with Crippen molar-refractivity contribution in [2.24, 2.45) is 7.05 Å². The Labute approximate surface area is 107 Å². The summed E-state index contributed by atoms with van der Waals surface area (Å²) >= 11 is 5.65. The summed E-state index contributed by atoms with van der Waals surface area (Å²) in [5, 5.41) is 14.3. The van der Waals surface area contributed by atoms with Crippen molar-refractivity contribution in [1.82, 2.24) is 9.78 Å². The molecule has 0 aliphatic rings. The van der Waals surface area contributed by atoms with Gasteiger partial charge in [-0.05, 0) is 0 Å². The van der Waals surface area contributed by atoms with Gasteiger partial charge in [-0.25, -0.2) is 0 Å². The number of hydrogen-bond donors (Lipinski definition) is 0. The summed E-state index contributed by atoms with van der Waals surface area (Å²) in [5.41, 5.74) is -0.246. The summed E-state index contributed by atoms with van der Waals surface area (Å²) in [6.45, 7) is 0. The fourth-order valence-electron chi connectivity index (χ4n) is 1.62. The highest BCUT2D eigenvalue weighted by molar-refractivity contribution is 6.32. The molecule has 1 aromatic carbocycles. The van der Waals surface area contributed by atoms with Gasteiger partial charge in [0.1, 0.15) is 0 Å². The van der Waals surface area contributed by atoms with Gasteiger partial charge >= 0.3 is 5.69 Å². The first-order valence-electron chi connectivity index (χ1n) is 4.99. The first kappa shape index (κ1) is 12.3. The second-order valence-corrected chi connectivity index (χ2v) is 3.92. The van der Waals surface area contributed by atoms with Crippen LogP contribution in [0.5, 0.6) is 0 Å². The normalized spacial score (nSPS) is 10.3. The molecule has 0 fully saturated rings. The van der Waals surface area contributed by atoms with Crippen molar-refractivity contribution in [3.8, 4) is 0 Å². The quantitative estimate of drug-likeness (QED) is 0.484. The van der Waals surface area contributed by atoms with E-state index < -0.39 is 16.4 Å². The zero-order chi connectivity index (χ0) is 13.3. The molecular weight excluding hydrogens is 258 g/mol. The van der Waals surface area contributed by atoms with Gasteiger partial charge in [0, 0.05) is 12.6 Å². The fraction of sp³-hybridized carbons (Fsp3) is 0.0909. The van der Waals surface area contributed by atoms with Crippen LogP contribution in [0, 0.1) is 10.1 Å². The maximum atomic E-state index is 12.2. The van der Waals surface area contributed by atoms with E-state index in [1.54, 1.807) is 30.3 Å². The van der Waals surface area contributed by atoms with Crippen LogP contribution < -0.4 is 0 Å². The first-order chi connectivity index (χ1) is 8.52. The predicted molar refractivity (Wildman–Crippen MR) is 64.7 cm³/mol. The molecule has 0 unspecified atom stereocenters.